The minimum Gasteiger partial charge on any atom is -0.264 e. The maximum Gasteiger partial charge on any atom is 0.263 e. The number of rotatable bonds is 4. The molecule has 0 unspecified atom stereocenters. The average Bonchev–Trinajstić information content (AvgIpc) is 3.09. The first kappa shape index (κ1) is 14.1. The summed E-state index contributed by atoms with van der Waals surface area (Å²) in [6.07, 6.45) is 6.11. The van der Waals surface area contributed by atoms with Crippen LogP contribution >= 0.6 is 0 Å². The van der Waals surface area contributed by atoms with Gasteiger partial charge < -0.3 is 0 Å². The number of hydrogen-bond donors (Lipinski definition) is 1. The van der Waals surface area contributed by atoms with E-state index in [1.54, 1.807) is 41.2 Å². The van der Waals surface area contributed by atoms with E-state index in [9.17, 15) is 8.42 Å². The molecule has 0 atom stereocenters. The van der Waals surface area contributed by atoms with Crippen molar-refractivity contribution >= 4 is 15.8 Å². The Labute approximate surface area is 125 Å². The molecule has 1 aliphatic carbocycles. The molecule has 1 aromatic carbocycles. The molecule has 0 spiro atoms. The van der Waals surface area contributed by atoms with E-state index in [-0.39, 0.29) is 4.90 Å². The number of benzene rings is 1. The van der Waals surface area contributed by atoms with Gasteiger partial charge in [-0.05, 0) is 31.9 Å². The number of nitrogens with zero attached hydrogens (tertiary/aromatic N) is 2. The van der Waals surface area contributed by atoms with Crippen molar-refractivity contribution < 1.29 is 8.42 Å². The second kappa shape index (κ2) is 5.52. The summed E-state index contributed by atoms with van der Waals surface area (Å²) in [4.78, 5) is 0.271. The van der Waals surface area contributed by atoms with Gasteiger partial charge in [0.05, 0.1) is 17.1 Å². The quantitative estimate of drug-likeness (QED) is 0.944. The highest BCUT2D eigenvalue weighted by atomic mass is 32.2. The SMILES string of the molecule is Cc1ccc(S(=O)(=O)Nc2ccnn2C2CCCC2)cc1. The van der Waals surface area contributed by atoms with Crippen molar-refractivity contribution in [2.24, 2.45) is 0 Å². The first-order valence-electron chi connectivity index (χ1n) is 7.19. The number of aromatic nitrogens is 2. The highest BCUT2D eigenvalue weighted by molar-refractivity contribution is 7.92. The molecule has 0 bridgehead atoms. The summed E-state index contributed by atoms with van der Waals surface area (Å²) in [5.74, 6) is 0.544. The molecule has 0 saturated heterocycles. The fourth-order valence-corrected chi connectivity index (χ4v) is 3.80. The monoisotopic (exact) mass is 305 g/mol. The molecule has 1 N–H and O–H groups in total. The molecule has 1 heterocycles. The number of sulfonamides is 1. The Hall–Kier alpha value is -1.82. The Bertz CT molecular complexity index is 714. The van der Waals surface area contributed by atoms with Crippen LogP contribution in [-0.2, 0) is 10.0 Å². The van der Waals surface area contributed by atoms with Crippen LogP contribution in [0.4, 0.5) is 5.82 Å². The molecule has 1 fully saturated rings. The zero-order valence-electron chi connectivity index (χ0n) is 12.0. The summed E-state index contributed by atoms with van der Waals surface area (Å²) >= 11 is 0. The Morgan fingerprint density at radius 2 is 1.81 bits per heavy atom. The smallest absolute Gasteiger partial charge is 0.263 e. The van der Waals surface area contributed by atoms with E-state index in [0.29, 0.717) is 11.9 Å². The van der Waals surface area contributed by atoms with Gasteiger partial charge in [0.1, 0.15) is 5.82 Å². The van der Waals surface area contributed by atoms with E-state index < -0.39 is 10.0 Å². The largest absolute Gasteiger partial charge is 0.264 e. The fourth-order valence-electron chi connectivity index (χ4n) is 2.75. The van der Waals surface area contributed by atoms with Gasteiger partial charge >= 0.3 is 0 Å². The van der Waals surface area contributed by atoms with Crippen LogP contribution in [-0.4, -0.2) is 18.2 Å². The summed E-state index contributed by atoms with van der Waals surface area (Å²) < 4.78 is 29.3. The van der Waals surface area contributed by atoms with Crippen molar-refractivity contribution in [2.75, 3.05) is 4.72 Å². The molecule has 1 aromatic heterocycles. The zero-order chi connectivity index (χ0) is 14.9. The van der Waals surface area contributed by atoms with Gasteiger partial charge in [0.25, 0.3) is 10.0 Å². The number of nitrogens with one attached hydrogen (secondary N) is 1. The third-order valence-corrected chi connectivity index (χ3v) is 5.28. The van der Waals surface area contributed by atoms with E-state index in [1.165, 1.54) is 12.8 Å². The maximum atomic E-state index is 12.4. The predicted octanol–water partition coefficient (Wildman–Crippen LogP) is 3.11. The van der Waals surface area contributed by atoms with Crippen molar-refractivity contribution in [3.05, 3.63) is 42.1 Å². The van der Waals surface area contributed by atoms with Crippen molar-refractivity contribution in [1.82, 2.24) is 9.78 Å². The highest BCUT2D eigenvalue weighted by Gasteiger charge is 2.22. The predicted molar refractivity (Wildman–Crippen MR) is 81.7 cm³/mol. The Kier molecular flexibility index (Phi) is 3.71. The average molecular weight is 305 g/mol. The molecule has 112 valence electrons. The van der Waals surface area contributed by atoms with Crippen LogP contribution in [0.3, 0.4) is 0 Å². The second-order valence-electron chi connectivity index (χ2n) is 5.52. The minimum atomic E-state index is -3.56. The molecule has 0 amide bonds. The van der Waals surface area contributed by atoms with Gasteiger partial charge in [-0.15, -0.1) is 0 Å². The lowest BCUT2D eigenvalue weighted by Gasteiger charge is -2.15. The fraction of sp³-hybridized carbons (Fsp3) is 0.400. The molecule has 1 saturated carbocycles. The molecule has 0 aliphatic heterocycles. The van der Waals surface area contributed by atoms with Crippen molar-refractivity contribution in [2.45, 2.75) is 43.5 Å². The van der Waals surface area contributed by atoms with Gasteiger partial charge in [-0.3, -0.25) is 4.72 Å². The van der Waals surface area contributed by atoms with Crippen LogP contribution in [0.25, 0.3) is 0 Å². The number of hydrogen-bond acceptors (Lipinski definition) is 3. The lowest BCUT2D eigenvalue weighted by molar-refractivity contribution is 0.473. The summed E-state index contributed by atoms with van der Waals surface area (Å²) in [6, 6.07) is 8.84. The van der Waals surface area contributed by atoms with Crippen LogP contribution in [0, 0.1) is 6.92 Å². The molecule has 2 aromatic rings. The standard InChI is InChI=1S/C15H19N3O2S/c1-12-6-8-14(9-7-12)21(19,20)17-15-10-11-16-18(15)13-4-2-3-5-13/h6-11,13,17H,2-5H2,1H3. The normalized spacial score (nSPS) is 16.2. The van der Waals surface area contributed by atoms with Crippen molar-refractivity contribution in [3.63, 3.8) is 0 Å². The Morgan fingerprint density at radius 1 is 1.14 bits per heavy atom. The summed E-state index contributed by atoms with van der Waals surface area (Å²) in [6.45, 7) is 1.93. The number of aryl methyl sites for hydroxylation is 1. The summed E-state index contributed by atoms with van der Waals surface area (Å²) in [5, 5.41) is 4.28. The van der Waals surface area contributed by atoms with Crippen molar-refractivity contribution in [1.29, 1.82) is 0 Å². The van der Waals surface area contributed by atoms with Crippen LogP contribution in [0.2, 0.25) is 0 Å². The second-order valence-corrected chi connectivity index (χ2v) is 7.20. The third-order valence-electron chi connectivity index (χ3n) is 3.91. The van der Waals surface area contributed by atoms with Crippen LogP contribution < -0.4 is 4.72 Å². The molecule has 1 aliphatic rings. The first-order chi connectivity index (χ1) is 10.1. The third kappa shape index (κ3) is 2.95. The first-order valence-corrected chi connectivity index (χ1v) is 8.67. The lowest BCUT2D eigenvalue weighted by atomic mass is 10.2. The van der Waals surface area contributed by atoms with Gasteiger partial charge in [-0.1, -0.05) is 30.5 Å². The van der Waals surface area contributed by atoms with E-state index >= 15 is 0 Å². The highest BCUT2D eigenvalue weighted by Crippen LogP contribution is 2.31. The van der Waals surface area contributed by atoms with Gasteiger partial charge in [0.15, 0.2) is 0 Å². The summed E-state index contributed by atoms with van der Waals surface area (Å²) in [7, 11) is -3.56. The van der Waals surface area contributed by atoms with Crippen LogP contribution in [0.1, 0.15) is 37.3 Å². The minimum absolute atomic E-state index is 0.271. The molecule has 5 nitrogen and oxygen atoms in total. The molecule has 6 heteroatoms. The molecule has 3 rings (SSSR count). The van der Waals surface area contributed by atoms with E-state index in [4.69, 9.17) is 0 Å². The maximum absolute atomic E-state index is 12.4. The van der Waals surface area contributed by atoms with Crippen molar-refractivity contribution in [3.8, 4) is 0 Å². The Morgan fingerprint density at radius 3 is 2.48 bits per heavy atom. The van der Waals surface area contributed by atoms with E-state index in [1.807, 2.05) is 6.92 Å². The molecular formula is C15H19N3O2S. The number of anilines is 1. The van der Waals surface area contributed by atoms with Gasteiger partial charge in [-0.2, -0.15) is 5.10 Å². The van der Waals surface area contributed by atoms with Gasteiger partial charge in [0, 0.05) is 6.07 Å². The van der Waals surface area contributed by atoms with Gasteiger partial charge in [-0.25, -0.2) is 13.1 Å². The van der Waals surface area contributed by atoms with Crippen LogP contribution in [0.5, 0.6) is 0 Å². The molecule has 0 radical (unpaired) electrons. The van der Waals surface area contributed by atoms with Crippen LogP contribution in [0.15, 0.2) is 41.4 Å². The van der Waals surface area contributed by atoms with E-state index in [0.717, 1.165) is 18.4 Å². The molecule has 21 heavy (non-hydrogen) atoms. The van der Waals surface area contributed by atoms with E-state index in [2.05, 4.69) is 9.82 Å². The summed E-state index contributed by atoms with van der Waals surface area (Å²) in [5.41, 5.74) is 1.03. The lowest BCUT2D eigenvalue weighted by Crippen LogP contribution is -2.18. The topological polar surface area (TPSA) is 64.0 Å². The Balaban J connectivity index is 1.86. The van der Waals surface area contributed by atoms with Gasteiger partial charge in [0.2, 0.25) is 0 Å². The molecular weight excluding hydrogens is 286 g/mol. The zero-order valence-corrected chi connectivity index (χ0v) is 12.8.